The Hall–Kier alpha value is -3.49. The van der Waals surface area contributed by atoms with Gasteiger partial charge in [0.2, 0.25) is 0 Å². The summed E-state index contributed by atoms with van der Waals surface area (Å²) in [7, 11) is 3.84. The van der Waals surface area contributed by atoms with Gasteiger partial charge >= 0.3 is 6.03 Å². The van der Waals surface area contributed by atoms with Gasteiger partial charge in [-0.25, -0.2) is 23.5 Å². The number of halogens is 2. The van der Waals surface area contributed by atoms with E-state index in [2.05, 4.69) is 20.6 Å². The van der Waals surface area contributed by atoms with Gasteiger partial charge in [-0.2, -0.15) is 0 Å². The van der Waals surface area contributed by atoms with E-state index in [0.717, 1.165) is 29.7 Å². The van der Waals surface area contributed by atoms with Crippen LogP contribution in [0, 0.1) is 11.6 Å². The molecule has 1 aliphatic heterocycles. The van der Waals surface area contributed by atoms with Gasteiger partial charge in [0.25, 0.3) is 0 Å². The molecule has 2 amide bonds. The van der Waals surface area contributed by atoms with E-state index >= 15 is 0 Å². The molecule has 1 aliphatic rings. The number of nitrogens with one attached hydrogen (secondary N) is 2. The van der Waals surface area contributed by atoms with Crippen LogP contribution in [-0.2, 0) is 19.5 Å². The van der Waals surface area contributed by atoms with Crippen LogP contribution in [0.4, 0.5) is 19.4 Å². The van der Waals surface area contributed by atoms with E-state index < -0.39 is 11.6 Å². The van der Waals surface area contributed by atoms with E-state index in [-0.39, 0.29) is 17.6 Å². The van der Waals surface area contributed by atoms with Crippen molar-refractivity contribution >= 4 is 11.8 Å². The third-order valence-corrected chi connectivity index (χ3v) is 5.26. The number of hydrogen-bond donors (Lipinski definition) is 2. The van der Waals surface area contributed by atoms with Gasteiger partial charge in [-0.15, -0.1) is 0 Å². The van der Waals surface area contributed by atoms with Crippen molar-refractivity contribution in [3.8, 4) is 11.3 Å². The number of imidazole rings is 1. The van der Waals surface area contributed by atoms with Gasteiger partial charge < -0.3 is 20.1 Å². The molecule has 9 heteroatoms. The molecule has 3 aromatic rings. The molecule has 4 rings (SSSR count). The first-order valence-electron chi connectivity index (χ1n) is 10.1. The molecule has 0 fully saturated rings. The Kier molecular flexibility index (Phi) is 5.83. The van der Waals surface area contributed by atoms with Crippen molar-refractivity contribution in [2.45, 2.75) is 32.0 Å². The van der Waals surface area contributed by atoms with Gasteiger partial charge in [-0.1, -0.05) is 6.07 Å². The molecule has 1 aromatic carbocycles. The van der Waals surface area contributed by atoms with Gasteiger partial charge in [-0.05, 0) is 30.2 Å². The van der Waals surface area contributed by atoms with E-state index in [1.54, 1.807) is 12.4 Å². The lowest BCUT2D eigenvalue weighted by molar-refractivity contribution is 0.232. The van der Waals surface area contributed by atoms with Crippen LogP contribution >= 0.6 is 0 Å². The number of carbonyl (C=O) groups excluding carboxylic acids is 1. The molecule has 3 heterocycles. The topological polar surface area (TPSA) is 75.1 Å². The largest absolute Gasteiger partial charge is 0.363 e. The van der Waals surface area contributed by atoms with Gasteiger partial charge in [0.15, 0.2) is 0 Å². The summed E-state index contributed by atoms with van der Waals surface area (Å²) in [5, 5.41) is 5.83. The highest BCUT2D eigenvalue weighted by Gasteiger charge is 2.23. The molecule has 0 aliphatic carbocycles. The first-order chi connectivity index (χ1) is 14.9. The molecule has 0 spiro atoms. The van der Waals surface area contributed by atoms with Crippen molar-refractivity contribution in [1.82, 2.24) is 25.2 Å². The number of pyridine rings is 1. The Balaban J connectivity index is 1.33. The highest BCUT2D eigenvalue weighted by atomic mass is 19.1. The third-order valence-electron chi connectivity index (χ3n) is 5.26. The Morgan fingerprint density at radius 3 is 2.81 bits per heavy atom. The zero-order chi connectivity index (χ0) is 22.0. The average molecular weight is 426 g/mol. The molecule has 2 aromatic heterocycles. The number of hydrogen-bond acceptors (Lipinski definition) is 4. The third kappa shape index (κ3) is 4.82. The van der Waals surface area contributed by atoms with Crippen LogP contribution in [0.5, 0.6) is 0 Å². The summed E-state index contributed by atoms with van der Waals surface area (Å²) in [5.74, 6) is 0.415. The fraction of sp³-hybridized carbons (Fsp3) is 0.318. The molecule has 1 atom stereocenters. The first kappa shape index (κ1) is 20.8. The maximum Gasteiger partial charge on any atom is 0.315 e. The number of benzene rings is 1. The van der Waals surface area contributed by atoms with Crippen molar-refractivity contribution in [1.29, 1.82) is 0 Å². The summed E-state index contributed by atoms with van der Waals surface area (Å²) in [6.07, 6.45) is 4.87. The second kappa shape index (κ2) is 8.71. The van der Waals surface area contributed by atoms with Crippen LogP contribution < -0.4 is 15.5 Å². The number of rotatable bonds is 5. The number of aromatic nitrogens is 3. The van der Waals surface area contributed by atoms with Crippen LogP contribution in [-0.4, -0.2) is 40.7 Å². The first-order valence-corrected chi connectivity index (χ1v) is 10.1. The summed E-state index contributed by atoms with van der Waals surface area (Å²) < 4.78 is 29.2. The number of nitrogens with zero attached hydrogens (tertiary/aromatic N) is 4. The Morgan fingerprint density at radius 2 is 2.10 bits per heavy atom. The fourth-order valence-corrected chi connectivity index (χ4v) is 3.59. The predicted molar refractivity (Wildman–Crippen MR) is 114 cm³/mol. The zero-order valence-corrected chi connectivity index (χ0v) is 17.4. The molecule has 0 saturated heterocycles. The maximum absolute atomic E-state index is 14.1. The smallest absolute Gasteiger partial charge is 0.315 e. The lowest BCUT2D eigenvalue weighted by Gasteiger charge is -2.24. The minimum Gasteiger partial charge on any atom is -0.363 e. The molecular formula is C22H24F2N6O. The number of carbonyl (C=O) groups is 1. The van der Waals surface area contributed by atoms with E-state index in [1.165, 1.54) is 12.1 Å². The second-order valence-corrected chi connectivity index (χ2v) is 7.80. The number of amides is 2. The van der Waals surface area contributed by atoms with E-state index in [1.807, 2.05) is 35.7 Å². The molecule has 1 unspecified atom stereocenters. The highest BCUT2D eigenvalue weighted by molar-refractivity contribution is 5.74. The summed E-state index contributed by atoms with van der Waals surface area (Å²) >= 11 is 0. The van der Waals surface area contributed by atoms with Crippen molar-refractivity contribution in [3.05, 3.63) is 65.7 Å². The maximum atomic E-state index is 14.1. The number of fused-ring (bicyclic) bond motifs is 1. The number of anilines is 1. The van der Waals surface area contributed by atoms with Crippen molar-refractivity contribution in [2.75, 3.05) is 19.0 Å². The van der Waals surface area contributed by atoms with Gasteiger partial charge in [0.1, 0.15) is 23.3 Å². The summed E-state index contributed by atoms with van der Waals surface area (Å²) in [4.78, 5) is 23.0. The molecule has 0 saturated carbocycles. The van der Waals surface area contributed by atoms with Gasteiger partial charge in [-0.3, -0.25) is 0 Å². The standard InChI is InChI=1S/C22H24F2N6O/c1-29(2)20-7-3-14(10-25-20)11-26-22(31)27-16-5-8-21-28-19(13-30(21)12-16)17-6-4-15(23)9-18(17)24/h3-4,6-7,9-10,13,16H,5,8,11-12H2,1-2H3,(H2,26,27,31). The van der Waals surface area contributed by atoms with E-state index in [0.29, 0.717) is 25.2 Å². The monoisotopic (exact) mass is 426 g/mol. The number of aryl methyl sites for hydroxylation is 1. The molecule has 0 radical (unpaired) electrons. The van der Waals surface area contributed by atoms with Crippen LogP contribution in [0.3, 0.4) is 0 Å². The Morgan fingerprint density at radius 1 is 1.26 bits per heavy atom. The number of urea groups is 1. The lowest BCUT2D eigenvalue weighted by Crippen LogP contribution is -2.45. The summed E-state index contributed by atoms with van der Waals surface area (Å²) in [5.41, 5.74) is 1.64. The molecule has 7 nitrogen and oxygen atoms in total. The molecule has 0 bridgehead atoms. The van der Waals surface area contributed by atoms with E-state index in [9.17, 15) is 13.6 Å². The SMILES string of the molecule is CN(C)c1ccc(CNC(=O)NC2CCc3nc(-c4ccc(F)cc4F)cn3C2)cn1. The van der Waals surface area contributed by atoms with Gasteiger partial charge in [0.05, 0.1) is 5.69 Å². The fourth-order valence-electron chi connectivity index (χ4n) is 3.59. The highest BCUT2D eigenvalue weighted by Crippen LogP contribution is 2.25. The molecule has 162 valence electrons. The molecular weight excluding hydrogens is 402 g/mol. The minimum absolute atomic E-state index is 0.0677. The zero-order valence-electron chi connectivity index (χ0n) is 17.4. The Bertz CT molecular complexity index is 1080. The van der Waals surface area contributed by atoms with Crippen LogP contribution in [0.25, 0.3) is 11.3 Å². The minimum atomic E-state index is -0.641. The van der Waals surface area contributed by atoms with Crippen molar-refractivity contribution in [2.24, 2.45) is 0 Å². The lowest BCUT2D eigenvalue weighted by atomic mass is 10.1. The van der Waals surface area contributed by atoms with Crippen molar-refractivity contribution < 1.29 is 13.6 Å². The van der Waals surface area contributed by atoms with Crippen molar-refractivity contribution in [3.63, 3.8) is 0 Å². The summed E-state index contributed by atoms with van der Waals surface area (Å²) in [6, 6.07) is 6.97. The van der Waals surface area contributed by atoms with E-state index in [4.69, 9.17) is 0 Å². The Labute approximate surface area is 179 Å². The quantitative estimate of drug-likeness (QED) is 0.658. The summed E-state index contributed by atoms with van der Waals surface area (Å²) in [6.45, 7) is 0.918. The van der Waals surface area contributed by atoms with Crippen LogP contribution in [0.15, 0.2) is 42.7 Å². The predicted octanol–water partition coefficient (Wildman–Crippen LogP) is 3.10. The normalized spacial score (nSPS) is 15.3. The molecule has 31 heavy (non-hydrogen) atoms. The second-order valence-electron chi connectivity index (χ2n) is 7.80. The molecule has 2 N–H and O–H groups in total. The average Bonchev–Trinajstić information content (AvgIpc) is 3.15. The van der Waals surface area contributed by atoms with Crippen LogP contribution in [0.2, 0.25) is 0 Å². The van der Waals surface area contributed by atoms with Gasteiger partial charge in [0, 0.05) is 63.7 Å². The van der Waals surface area contributed by atoms with Crippen LogP contribution in [0.1, 0.15) is 17.8 Å².